The lowest BCUT2D eigenvalue weighted by Crippen LogP contribution is -2.35. The molecule has 6 heteroatoms. The van der Waals surface area contributed by atoms with Crippen molar-refractivity contribution in [3.63, 3.8) is 0 Å². The van der Waals surface area contributed by atoms with Crippen LogP contribution in [0.1, 0.15) is 27.6 Å². The predicted molar refractivity (Wildman–Crippen MR) is 90.2 cm³/mol. The number of carbonyl (C=O) groups excluding carboxylic acids is 2. The van der Waals surface area contributed by atoms with E-state index < -0.39 is 27.6 Å². The maximum absolute atomic E-state index is 12.1. The van der Waals surface area contributed by atoms with Crippen molar-refractivity contribution in [3.8, 4) is 0 Å². The molecular weight excluding hydrogens is 324 g/mol. The Kier molecular flexibility index (Phi) is 6.47. The third-order valence-corrected chi connectivity index (χ3v) is 4.25. The van der Waals surface area contributed by atoms with Crippen LogP contribution in [0.5, 0.6) is 0 Å². The van der Waals surface area contributed by atoms with Crippen LogP contribution in [0.3, 0.4) is 0 Å². The number of rotatable bonds is 7. The number of benzene rings is 2. The second-order valence-electron chi connectivity index (χ2n) is 4.82. The largest absolute Gasteiger partial charge is 0.741 e. The van der Waals surface area contributed by atoms with Gasteiger partial charge >= 0.3 is 21.5 Å². The van der Waals surface area contributed by atoms with Crippen LogP contribution in [0.2, 0.25) is 0 Å². The quantitative estimate of drug-likeness (QED) is 0.571. The molecule has 1 atom stereocenters. The third-order valence-electron chi connectivity index (χ3n) is 2.99. The lowest BCUT2D eigenvalue weighted by atomic mass is 10.2. The van der Waals surface area contributed by atoms with Gasteiger partial charge in [-0.1, -0.05) is 42.5 Å². The molecule has 0 saturated carbocycles. The van der Waals surface area contributed by atoms with Gasteiger partial charge in [-0.05, 0) is 31.2 Å². The summed E-state index contributed by atoms with van der Waals surface area (Å²) in [6.45, 7) is 5.31. The zero-order valence-corrected chi connectivity index (χ0v) is 14.2. The van der Waals surface area contributed by atoms with Gasteiger partial charge in [-0.3, -0.25) is 0 Å². The highest BCUT2D eigenvalue weighted by molar-refractivity contribution is 6.43. The van der Waals surface area contributed by atoms with Crippen molar-refractivity contribution in [2.75, 3.05) is 0 Å². The first-order valence-corrected chi connectivity index (χ1v) is 8.53. The minimum Gasteiger partial charge on any atom is -0.457 e. The standard InChI is InChI=1S/C18H17O5Si/c1-3-14(2)21-24(22-17(19)15-10-6-4-7-11-15)23-18(20)16-12-8-5-9-13-16/h3-14H,1H2,2H3. The van der Waals surface area contributed by atoms with E-state index in [1.807, 2.05) is 0 Å². The first-order chi connectivity index (χ1) is 11.6. The van der Waals surface area contributed by atoms with Gasteiger partial charge in [-0.15, -0.1) is 6.58 Å². The van der Waals surface area contributed by atoms with Crippen LogP contribution in [0.4, 0.5) is 0 Å². The molecule has 2 aromatic rings. The molecule has 0 bridgehead atoms. The maximum Gasteiger partial charge on any atom is 0.741 e. The Morgan fingerprint density at radius 2 is 1.33 bits per heavy atom. The number of hydrogen-bond donors (Lipinski definition) is 0. The van der Waals surface area contributed by atoms with Gasteiger partial charge in [-0.2, -0.15) is 0 Å². The van der Waals surface area contributed by atoms with Crippen molar-refractivity contribution in [1.29, 1.82) is 0 Å². The summed E-state index contributed by atoms with van der Waals surface area (Å²) >= 11 is 0. The maximum atomic E-state index is 12.1. The molecule has 0 aromatic heterocycles. The fourth-order valence-corrected chi connectivity index (χ4v) is 2.76. The molecule has 0 aliphatic carbocycles. The molecule has 0 saturated heterocycles. The van der Waals surface area contributed by atoms with E-state index in [9.17, 15) is 9.59 Å². The summed E-state index contributed by atoms with van der Waals surface area (Å²) in [5.74, 6) is -1.22. The minimum absolute atomic E-state index is 0.352. The second-order valence-corrected chi connectivity index (χ2v) is 5.96. The molecule has 0 heterocycles. The van der Waals surface area contributed by atoms with Crippen molar-refractivity contribution >= 4 is 21.5 Å². The fourth-order valence-electron chi connectivity index (χ4n) is 1.69. The minimum atomic E-state index is -2.62. The molecule has 0 N–H and O–H groups in total. The third kappa shape index (κ3) is 5.19. The highest BCUT2D eigenvalue weighted by Crippen LogP contribution is 2.09. The SMILES string of the molecule is C=CC(C)O[Si](OC(=O)c1ccccc1)OC(=O)c1ccccc1. The van der Waals surface area contributed by atoms with E-state index in [4.69, 9.17) is 13.3 Å². The average Bonchev–Trinajstić information content (AvgIpc) is 2.62. The molecule has 1 radical (unpaired) electrons. The Hall–Kier alpha value is -2.70. The molecule has 123 valence electrons. The highest BCUT2D eigenvalue weighted by Gasteiger charge is 2.32. The molecule has 2 rings (SSSR count). The Labute approximate surface area is 142 Å². The van der Waals surface area contributed by atoms with Gasteiger partial charge < -0.3 is 13.3 Å². The molecule has 0 aliphatic rings. The smallest absolute Gasteiger partial charge is 0.457 e. The number of hydrogen-bond acceptors (Lipinski definition) is 5. The van der Waals surface area contributed by atoms with E-state index in [1.54, 1.807) is 67.6 Å². The molecule has 0 fully saturated rings. The predicted octanol–water partition coefficient (Wildman–Crippen LogP) is 3.28. The van der Waals surface area contributed by atoms with Gasteiger partial charge in [-0.25, -0.2) is 9.59 Å². The Morgan fingerprint density at radius 3 is 1.71 bits per heavy atom. The normalized spacial score (nSPS) is 11.6. The van der Waals surface area contributed by atoms with Crippen molar-refractivity contribution in [2.45, 2.75) is 13.0 Å². The van der Waals surface area contributed by atoms with Crippen molar-refractivity contribution in [3.05, 3.63) is 84.4 Å². The van der Waals surface area contributed by atoms with Crippen LogP contribution in [0.25, 0.3) is 0 Å². The first-order valence-electron chi connectivity index (χ1n) is 7.30. The fraction of sp³-hybridized carbons (Fsp3) is 0.111. The molecule has 0 spiro atoms. The van der Waals surface area contributed by atoms with E-state index in [2.05, 4.69) is 6.58 Å². The van der Waals surface area contributed by atoms with Gasteiger partial charge in [0.15, 0.2) is 0 Å². The Bertz CT molecular complexity index is 634. The summed E-state index contributed by atoms with van der Waals surface area (Å²) in [6, 6.07) is 16.9. The molecule has 24 heavy (non-hydrogen) atoms. The molecule has 1 unspecified atom stereocenters. The van der Waals surface area contributed by atoms with Gasteiger partial charge in [0.1, 0.15) is 0 Å². The summed E-state index contributed by atoms with van der Waals surface area (Å²) in [4.78, 5) is 24.3. The van der Waals surface area contributed by atoms with Gasteiger partial charge in [0.2, 0.25) is 0 Å². The van der Waals surface area contributed by atoms with E-state index in [0.717, 1.165) is 0 Å². The van der Waals surface area contributed by atoms with Gasteiger partial charge in [0.05, 0.1) is 17.2 Å². The molecule has 0 amide bonds. The van der Waals surface area contributed by atoms with Gasteiger partial charge in [0, 0.05) is 0 Å². The Balaban J connectivity index is 2.08. The topological polar surface area (TPSA) is 61.8 Å². The van der Waals surface area contributed by atoms with E-state index >= 15 is 0 Å². The van der Waals surface area contributed by atoms with E-state index in [1.165, 1.54) is 6.08 Å². The van der Waals surface area contributed by atoms with Crippen LogP contribution in [0, 0.1) is 0 Å². The van der Waals surface area contributed by atoms with Crippen LogP contribution >= 0.6 is 0 Å². The summed E-state index contributed by atoms with van der Waals surface area (Å²) in [6.07, 6.45) is 1.10. The van der Waals surface area contributed by atoms with Crippen molar-refractivity contribution in [2.24, 2.45) is 0 Å². The Morgan fingerprint density at radius 1 is 0.917 bits per heavy atom. The summed E-state index contributed by atoms with van der Waals surface area (Å²) in [5, 5.41) is 0. The van der Waals surface area contributed by atoms with E-state index in [-0.39, 0.29) is 0 Å². The van der Waals surface area contributed by atoms with Crippen LogP contribution in [-0.2, 0) is 13.3 Å². The zero-order chi connectivity index (χ0) is 17.4. The molecular formula is C18H17O5Si. The highest BCUT2D eigenvalue weighted by atomic mass is 28.3. The van der Waals surface area contributed by atoms with Crippen molar-refractivity contribution < 1.29 is 22.9 Å². The monoisotopic (exact) mass is 341 g/mol. The molecule has 2 aromatic carbocycles. The van der Waals surface area contributed by atoms with Crippen molar-refractivity contribution in [1.82, 2.24) is 0 Å². The van der Waals surface area contributed by atoms with Crippen LogP contribution in [0.15, 0.2) is 73.3 Å². The lowest BCUT2D eigenvalue weighted by Gasteiger charge is -2.16. The molecule has 0 aliphatic heterocycles. The average molecular weight is 341 g/mol. The van der Waals surface area contributed by atoms with Crippen LogP contribution in [-0.4, -0.2) is 27.6 Å². The summed E-state index contributed by atoms with van der Waals surface area (Å²) < 4.78 is 16.0. The lowest BCUT2D eigenvalue weighted by molar-refractivity contribution is 0.0418. The van der Waals surface area contributed by atoms with Gasteiger partial charge in [0.25, 0.3) is 0 Å². The first kappa shape index (κ1) is 17.6. The number of carbonyl (C=O) groups is 2. The second kappa shape index (κ2) is 8.81. The zero-order valence-electron chi connectivity index (χ0n) is 13.2. The molecule has 5 nitrogen and oxygen atoms in total. The van der Waals surface area contributed by atoms with Crippen LogP contribution < -0.4 is 0 Å². The van der Waals surface area contributed by atoms with E-state index in [0.29, 0.717) is 11.1 Å². The summed E-state index contributed by atoms with van der Waals surface area (Å²) in [5.41, 5.74) is 0.705. The summed E-state index contributed by atoms with van der Waals surface area (Å²) in [7, 11) is -2.62.